The van der Waals surface area contributed by atoms with Crippen LogP contribution in [0.3, 0.4) is 0 Å². The van der Waals surface area contributed by atoms with Gasteiger partial charge in [0, 0.05) is 51.1 Å². The third kappa shape index (κ3) is 8.93. The molecule has 2 heterocycles. The molecule has 7 nitrogen and oxygen atoms in total. The van der Waals surface area contributed by atoms with Crippen molar-refractivity contribution in [1.82, 2.24) is 19.6 Å². The number of halogens is 4. The minimum absolute atomic E-state index is 0.683. The maximum absolute atomic E-state index is 10.8. The number of carbonyl (C=O) groups excluding carboxylic acids is 1. The number of nitrogens with zero attached hydrogens (tertiary/aromatic N) is 6. The number of aromatic nitrogens is 4. The minimum Gasteiger partial charge on any atom is -0.298 e. The van der Waals surface area contributed by atoms with Crippen molar-refractivity contribution in [1.29, 1.82) is 10.5 Å². The van der Waals surface area contributed by atoms with Crippen molar-refractivity contribution in [3.63, 3.8) is 0 Å². The van der Waals surface area contributed by atoms with Crippen molar-refractivity contribution in [2.24, 2.45) is 14.1 Å². The summed E-state index contributed by atoms with van der Waals surface area (Å²) in [5.41, 5.74) is 3.92. The van der Waals surface area contributed by atoms with Gasteiger partial charge in [-0.05, 0) is 81.5 Å². The molecule has 2 aromatic heterocycles. The van der Waals surface area contributed by atoms with Crippen molar-refractivity contribution in [2.45, 2.75) is 0 Å². The highest BCUT2D eigenvalue weighted by Gasteiger charge is 2.15. The maximum Gasteiger partial charge on any atom is 0.151 e. The fraction of sp³-hybridized carbons (Fsp3) is 0.0488. The van der Waals surface area contributed by atoms with Gasteiger partial charge >= 0.3 is 0 Å². The van der Waals surface area contributed by atoms with Crippen LogP contribution in [0.25, 0.3) is 43.6 Å². The highest BCUT2D eigenvalue weighted by atomic mass is 79.9. The van der Waals surface area contributed by atoms with Gasteiger partial charge in [-0.15, -0.1) is 0 Å². The summed E-state index contributed by atoms with van der Waals surface area (Å²) in [5.74, 6) is 0. The molecule has 8 rings (SSSR count). The van der Waals surface area contributed by atoms with E-state index in [0.29, 0.717) is 11.1 Å². The summed E-state index contributed by atoms with van der Waals surface area (Å²) in [4.78, 5) is 10.8. The van der Waals surface area contributed by atoms with E-state index in [1.54, 1.807) is 21.8 Å². The Morgan fingerprint density at radius 3 is 1.60 bits per heavy atom. The Kier molecular flexibility index (Phi) is 13.3. The number of aldehydes is 1. The molecular weight excluding hydrogens is 912 g/mol. The smallest absolute Gasteiger partial charge is 0.151 e. The van der Waals surface area contributed by atoms with Crippen LogP contribution in [0, 0.1) is 22.7 Å². The number of hydrogen-bond donors (Lipinski definition) is 0. The van der Waals surface area contributed by atoms with Crippen molar-refractivity contribution in [3.8, 4) is 23.4 Å². The van der Waals surface area contributed by atoms with Gasteiger partial charge in [-0.2, -0.15) is 20.7 Å². The Balaban J connectivity index is 0.000000141. The van der Waals surface area contributed by atoms with Crippen LogP contribution in [0.15, 0.2) is 146 Å². The van der Waals surface area contributed by atoms with E-state index in [4.69, 9.17) is 5.26 Å². The Hall–Kier alpha value is -4.91. The summed E-state index contributed by atoms with van der Waals surface area (Å²) in [6.45, 7) is 0. The number of fused-ring (bicyclic) bond motifs is 3. The molecule has 0 spiro atoms. The first kappa shape index (κ1) is 38.3. The van der Waals surface area contributed by atoms with Crippen molar-refractivity contribution in [3.05, 3.63) is 162 Å². The molecule has 11 heteroatoms. The number of rotatable bonds is 2. The van der Waals surface area contributed by atoms with Crippen LogP contribution in [0.1, 0.15) is 21.5 Å². The second-order valence-electron chi connectivity index (χ2n) is 11.2. The van der Waals surface area contributed by atoms with Crippen LogP contribution >= 0.6 is 63.7 Å². The Morgan fingerprint density at radius 2 is 1.12 bits per heavy atom. The van der Waals surface area contributed by atoms with Crippen LogP contribution < -0.4 is 0 Å². The first-order valence-electron chi connectivity index (χ1n) is 15.6. The Morgan fingerprint density at radius 1 is 0.596 bits per heavy atom. The van der Waals surface area contributed by atoms with Crippen molar-refractivity contribution >= 4 is 102 Å². The van der Waals surface area contributed by atoms with Crippen LogP contribution in [0.4, 0.5) is 0 Å². The summed E-state index contributed by atoms with van der Waals surface area (Å²) in [5, 5.41) is 32.8. The second-order valence-corrected chi connectivity index (χ2v) is 14.7. The first-order chi connectivity index (χ1) is 25.2. The molecule has 52 heavy (non-hydrogen) atoms. The van der Waals surface area contributed by atoms with Gasteiger partial charge in [-0.1, -0.05) is 113 Å². The molecule has 0 aliphatic carbocycles. The van der Waals surface area contributed by atoms with E-state index >= 15 is 0 Å². The monoisotopic (exact) mass is 936 g/mol. The quantitative estimate of drug-likeness (QED) is 0.161. The lowest BCUT2D eigenvalue weighted by Crippen LogP contribution is -1.96. The van der Waals surface area contributed by atoms with Gasteiger partial charge in [0.2, 0.25) is 0 Å². The van der Waals surface area contributed by atoms with E-state index < -0.39 is 0 Å². The average Bonchev–Trinajstić information content (AvgIpc) is 3.72. The summed E-state index contributed by atoms with van der Waals surface area (Å²) < 4.78 is 7.13. The molecule has 0 saturated heterocycles. The van der Waals surface area contributed by atoms with Crippen LogP contribution in [-0.2, 0) is 14.1 Å². The van der Waals surface area contributed by atoms with Crippen LogP contribution in [0.2, 0.25) is 0 Å². The van der Waals surface area contributed by atoms with E-state index in [-0.39, 0.29) is 0 Å². The third-order valence-electron chi connectivity index (χ3n) is 7.89. The van der Waals surface area contributed by atoms with E-state index in [0.717, 1.165) is 73.3 Å². The van der Waals surface area contributed by atoms with Crippen LogP contribution in [0.5, 0.6) is 0 Å². The molecule has 8 aromatic rings. The van der Waals surface area contributed by atoms with Gasteiger partial charge in [-0.3, -0.25) is 14.2 Å². The van der Waals surface area contributed by atoms with E-state index in [2.05, 4.69) is 86.1 Å². The highest BCUT2D eigenvalue weighted by Crippen LogP contribution is 2.34. The molecule has 0 unspecified atom stereocenters. The molecule has 0 saturated carbocycles. The number of benzene rings is 6. The lowest BCUT2D eigenvalue weighted by Gasteiger charge is -2.08. The summed E-state index contributed by atoms with van der Waals surface area (Å²) in [7, 11) is 3.75. The predicted molar refractivity (Wildman–Crippen MR) is 223 cm³/mol. The fourth-order valence-corrected chi connectivity index (χ4v) is 7.27. The Labute approximate surface area is 334 Å². The van der Waals surface area contributed by atoms with Crippen LogP contribution in [-0.4, -0.2) is 25.8 Å². The molecule has 0 aliphatic rings. The standard InChI is InChI=1S/C15H10BrN3.C11H6BrN.C11H7BrO.C4H5BrN2/c1-19-15(14(16)9-18-19)12-7-6-10-4-2-3-5-11(10)13(12)8-17;2*12-11-6-5-8-3-1-2-4-9(8)10(11)7-13;1-7-3-4(5)2-6-7/h2-7,9H,1H3;1-6H;1-7H;2-3H,1H3. The van der Waals surface area contributed by atoms with E-state index in [1.165, 1.54) is 0 Å². The second kappa shape index (κ2) is 18.0. The topological polar surface area (TPSA) is 100 Å². The van der Waals surface area contributed by atoms with Gasteiger partial charge in [0.25, 0.3) is 0 Å². The van der Waals surface area contributed by atoms with E-state index in [1.807, 2.05) is 129 Å². The molecule has 256 valence electrons. The summed E-state index contributed by atoms with van der Waals surface area (Å²) >= 11 is 13.4. The first-order valence-corrected chi connectivity index (χ1v) is 18.8. The SMILES string of the molecule is Cn1cc(Br)cn1.Cn1ncc(Br)c1-c1ccc2ccccc2c1C#N.N#Cc1c(Br)ccc2ccccc12.O=Cc1c(Br)ccc2ccccc12. The zero-order valence-corrected chi connectivity index (χ0v) is 34.1. The zero-order chi connectivity index (χ0) is 37.2. The molecule has 0 amide bonds. The third-order valence-corrected chi connectivity index (χ3v) is 10.2. The van der Waals surface area contributed by atoms with Gasteiger partial charge in [0.05, 0.1) is 38.2 Å². The summed E-state index contributed by atoms with van der Waals surface area (Å²) in [6, 6.07) is 39.9. The largest absolute Gasteiger partial charge is 0.298 e. The maximum atomic E-state index is 10.8. The van der Waals surface area contributed by atoms with Gasteiger partial charge in [0.15, 0.2) is 6.29 Å². The van der Waals surface area contributed by atoms with Crippen molar-refractivity contribution < 1.29 is 4.79 Å². The molecular formula is C41H28Br4N6O. The average molecular weight is 940 g/mol. The lowest BCUT2D eigenvalue weighted by atomic mass is 9.98. The molecule has 0 radical (unpaired) electrons. The Bertz CT molecular complexity index is 2580. The van der Waals surface area contributed by atoms with Crippen molar-refractivity contribution in [2.75, 3.05) is 0 Å². The molecule has 6 aromatic carbocycles. The van der Waals surface area contributed by atoms with E-state index in [9.17, 15) is 10.1 Å². The molecule has 0 N–H and O–H groups in total. The molecule has 0 aliphatic heterocycles. The highest BCUT2D eigenvalue weighted by molar-refractivity contribution is 9.11. The fourth-order valence-electron chi connectivity index (χ4n) is 5.44. The normalized spacial score (nSPS) is 10.2. The van der Waals surface area contributed by atoms with Gasteiger partial charge < -0.3 is 0 Å². The number of aryl methyl sites for hydroxylation is 2. The molecule has 0 atom stereocenters. The minimum atomic E-state index is 0.683. The number of carbonyl (C=O) groups is 1. The number of nitriles is 2. The zero-order valence-electron chi connectivity index (χ0n) is 27.8. The summed E-state index contributed by atoms with van der Waals surface area (Å²) in [6.07, 6.45) is 6.26. The lowest BCUT2D eigenvalue weighted by molar-refractivity contribution is 0.112. The number of hydrogen-bond acceptors (Lipinski definition) is 5. The van der Waals surface area contributed by atoms with Gasteiger partial charge in [0.1, 0.15) is 12.1 Å². The molecule has 0 fully saturated rings. The predicted octanol–water partition coefficient (Wildman–Crippen LogP) is 11.9. The van der Waals surface area contributed by atoms with Gasteiger partial charge in [-0.25, -0.2) is 0 Å². The molecule has 0 bridgehead atoms.